The molecule has 0 spiro atoms. The number of furan rings is 1. The molecule has 130 valence electrons. The monoisotopic (exact) mass is 341 g/mol. The van der Waals surface area contributed by atoms with Gasteiger partial charge in [0, 0.05) is 25.5 Å². The van der Waals surface area contributed by atoms with Gasteiger partial charge in [-0.15, -0.1) is 0 Å². The number of amides is 1. The van der Waals surface area contributed by atoms with E-state index in [-0.39, 0.29) is 11.1 Å². The van der Waals surface area contributed by atoms with Crippen molar-refractivity contribution in [3.63, 3.8) is 0 Å². The molecule has 3 heterocycles. The third kappa shape index (κ3) is 4.13. The predicted octanol–water partition coefficient (Wildman–Crippen LogP) is 1.93. The van der Waals surface area contributed by atoms with Gasteiger partial charge in [-0.05, 0) is 43.2 Å². The molecule has 25 heavy (non-hydrogen) atoms. The molecule has 0 aliphatic heterocycles. The molecule has 3 rings (SSSR count). The van der Waals surface area contributed by atoms with Gasteiger partial charge in [0.05, 0.1) is 6.26 Å². The number of nitrogens with one attached hydrogen (secondary N) is 1. The summed E-state index contributed by atoms with van der Waals surface area (Å²) in [4.78, 5) is 28.7. The van der Waals surface area contributed by atoms with E-state index in [1.54, 1.807) is 30.7 Å². The Hall–Kier alpha value is -2.93. The van der Waals surface area contributed by atoms with E-state index in [1.807, 2.05) is 13.0 Å². The number of nitrogens with zero attached hydrogens (tertiary/aromatic N) is 2. The Balaban J connectivity index is 1.51. The molecule has 0 saturated heterocycles. The van der Waals surface area contributed by atoms with E-state index in [2.05, 4.69) is 10.3 Å². The normalized spacial score (nSPS) is 10.9. The maximum absolute atomic E-state index is 12.4. The van der Waals surface area contributed by atoms with Crippen LogP contribution >= 0.6 is 0 Å². The van der Waals surface area contributed by atoms with E-state index in [1.165, 1.54) is 10.6 Å². The number of ether oxygens (including phenoxy) is 1. The van der Waals surface area contributed by atoms with Crippen LogP contribution in [-0.2, 0) is 11.3 Å². The number of rotatable bonds is 7. The number of fused-ring (bicyclic) bond motifs is 1. The van der Waals surface area contributed by atoms with Crippen LogP contribution in [0.3, 0.4) is 0 Å². The van der Waals surface area contributed by atoms with Crippen molar-refractivity contribution < 1.29 is 13.9 Å². The fourth-order valence-electron chi connectivity index (χ4n) is 2.37. The highest BCUT2D eigenvalue weighted by Crippen LogP contribution is 2.03. The van der Waals surface area contributed by atoms with Crippen LogP contribution in [0, 0.1) is 6.92 Å². The lowest BCUT2D eigenvalue weighted by Gasteiger charge is -2.07. The Morgan fingerprint density at radius 1 is 1.40 bits per heavy atom. The second kappa shape index (κ2) is 7.76. The van der Waals surface area contributed by atoms with Gasteiger partial charge < -0.3 is 14.5 Å². The van der Waals surface area contributed by atoms with Gasteiger partial charge in [0.15, 0.2) is 0 Å². The van der Waals surface area contributed by atoms with Crippen molar-refractivity contribution in [3.8, 4) is 0 Å². The van der Waals surface area contributed by atoms with Gasteiger partial charge in [0.25, 0.3) is 11.5 Å². The second-order valence-electron chi connectivity index (χ2n) is 5.65. The zero-order valence-electron chi connectivity index (χ0n) is 13.9. The summed E-state index contributed by atoms with van der Waals surface area (Å²) in [7, 11) is 0. The van der Waals surface area contributed by atoms with Crippen molar-refractivity contribution in [3.05, 3.63) is 70.2 Å². The van der Waals surface area contributed by atoms with Crippen LogP contribution in [0.4, 0.5) is 0 Å². The minimum absolute atomic E-state index is 0.0258. The van der Waals surface area contributed by atoms with Crippen LogP contribution in [0.15, 0.2) is 52.1 Å². The molecule has 1 amide bonds. The largest absolute Gasteiger partial charge is 0.467 e. The molecular weight excluding hydrogens is 322 g/mol. The highest BCUT2D eigenvalue weighted by atomic mass is 16.5. The quantitative estimate of drug-likeness (QED) is 0.664. The minimum Gasteiger partial charge on any atom is -0.467 e. The standard InChI is InChI=1S/C18H19N3O4/c1-13-5-7-21-16(10-13)20-11-15(18(21)23)17(22)19-6-3-8-24-12-14-4-2-9-25-14/h2,4-5,7,9-11H,3,6,8,12H2,1H3,(H,19,22). The molecule has 0 radical (unpaired) electrons. The van der Waals surface area contributed by atoms with E-state index in [0.717, 1.165) is 11.3 Å². The summed E-state index contributed by atoms with van der Waals surface area (Å²) in [6.45, 7) is 3.21. The summed E-state index contributed by atoms with van der Waals surface area (Å²) in [5, 5.41) is 2.71. The number of aromatic nitrogens is 2. The zero-order chi connectivity index (χ0) is 17.6. The molecule has 0 bridgehead atoms. The molecule has 0 aliphatic rings. The fraction of sp³-hybridized carbons (Fsp3) is 0.278. The summed E-state index contributed by atoms with van der Waals surface area (Å²) in [6, 6.07) is 7.23. The average Bonchev–Trinajstić information content (AvgIpc) is 3.11. The molecule has 0 saturated carbocycles. The lowest BCUT2D eigenvalue weighted by Crippen LogP contribution is -2.32. The third-order valence-electron chi connectivity index (χ3n) is 3.69. The highest BCUT2D eigenvalue weighted by Gasteiger charge is 2.12. The van der Waals surface area contributed by atoms with Crippen LogP contribution in [0.25, 0.3) is 5.65 Å². The van der Waals surface area contributed by atoms with Crippen molar-refractivity contribution in [2.24, 2.45) is 0 Å². The van der Waals surface area contributed by atoms with Crippen molar-refractivity contribution in [1.29, 1.82) is 0 Å². The summed E-state index contributed by atoms with van der Waals surface area (Å²) in [5.74, 6) is 0.327. The number of hydrogen-bond donors (Lipinski definition) is 1. The van der Waals surface area contributed by atoms with Gasteiger partial charge in [0.1, 0.15) is 23.6 Å². The van der Waals surface area contributed by atoms with Crippen molar-refractivity contribution in [1.82, 2.24) is 14.7 Å². The molecule has 0 unspecified atom stereocenters. The maximum Gasteiger partial charge on any atom is 0.270 e. The van der Waals surface area contributed by atoms with Gasteiger partial charge in [-0.3, -0.25) is 14.0 Å². The van der Waals surface area contributed by atoms with E-state index in [9.17, 15) is 9.59 Å². The Morgan fingerprint density at radius 2 is 2.28 bits per heavy atom. The highest BCUT2D eigenvalue weighted by molar-refractivity contribution is 5.93. The summed E-state index contributed by atoms with van der Waals surface area (Å²) >= 11 is 0. The van der Waals surface area contributed by atoms with Gasteiger partial charge in [0.2, 0.25) is 0 Å². The molecule has 0 fully saturated rings. The number of carbonyl (C=O) groups is 1. The van der Waals surface area contributed by atoms with Crippen LogP contribution < -0.4 is 10.9 Å². The molecule has 0 aromatic carbocycles. The summed E-state index contributed by atoms with van der Waals surface area (Å²) < 4.78 is 12.0. The molecular formula is C18H19N3O4. The van der Waals surface area contributed by atoms with Crippen molar-refractivity contribution in [2.75, 3.05) is 13.2 Å². The maximum atomic E-state index is 12.4. The van der Waals surface area contributed by atoms with Crippen molar-refractivity contribution >= 4 is 11.6 Å². The lowest BCUT2D eigenvalue weighted by molar-refractivity contribution is 0.0915. The Bertz CT molecular complexity index is 916. The van der Waals surface area contributed by atoms with Gasteiger partial charge in [-0.25, -0.2) is 4.98 Å². The second-order valence-corrected chi connectivity index (χ2v) is 5.65. The first-order valence-electron chi connectivity index (χ1n) is 8.01. The first-order chi connectivity index (χ1) is 12.1. The molecule has 7 heteroatoms. The van der Waals surface area contributed by atoms with E-state index >= 15 is 0 Å². The topological polar surface area (TPSA) is 85.8 Å². The number of hydrogen-bond acceptors (Lipinski definition) is 5. The van der Waals surface area contributed by atoms with Gasteiger partial charge in [-0.2, -0.15) is 0 Å². The lowest BCUT2D eigenvalue weighted by atomic mass is 10.2. The van der Waals surface area contributed by atoms with Crippen molar-refractivity contribution in [2.45, 2.75) is 20.0 Å². The fourth-order valence-corrected chi connectivity index (χ4v) is 2.37. The molecule has 0 atom stereocenters. The van der Waals surface area contributed by atoms with E-state index in [4.69, 9.17) is 9.15 Å². The SMILES string of the molecule is Cc1ccn2c(=O)c(C(=O)NCCCOCc3ccco3)cnc2c1. The predicted molar refractivity (Wildman–Crippen MR) is 91.5 cm³/mol. The molecule has 1 N–H and O–H groups in total. The van der Waals surface area contributed by atoms with Gasteiger partial charge >= 0.3 is 0 Å². The number of aryl methyl sites for hydroxylation is 1. The Kier molecular flexibility index (Phi) is 5.25. The van der Waals surface area contributed by atoms with E-state index < -0.39 is 5.91 Å². The smallest absolute Gasteiger partial charge is 0.270 e. The summed E-state index contributed by atoms with van der Waals surface area (Å²) in [5.41, 5.74) is 1.17. The summed E-state index contributed by atoms with van der Waals surface area (Å²) in [6.07, 6.45) is 5.17. The number of carbonyl (C=O) groups excluding carboxylic acids is 1. The number of pyridine rings is 1. The Morgan fingerprint density at radius 3 is 3.08 bits per heavy atom. The molecule has 3 aromatic rings. The minimum atomic E-state index is -0.432. The first-order valence-corrected chi connectivity index (χ1v) is 8.01. The zero-order valence-corrected chi connectivity index (χ0v) is 13.9. The van der Waals surface area contributed by atoms with Crippen LogP contribution in [0.2, 0.25) is 0 Å². The Labute approximate surface area is 144 Å². The van der Waals surface area contributed by atoms with Crippen LogP contribution in [0.5, 0.6) is 0 Å². The average molecular weight is 341 g/mol. The molecule has 0 aliphatic carbocycles. The van der Waals surface area contributed by atoms with Crippen LogP contribution in [0.1, 0.15) is 28.1 Å². The first kappa shape index (κ1) is 16.9. The molecule has 3 aromatic heterocycles. The third-order valence-corrected chi connectivity index (χ3v) is 3.69. The molecule has 7 nitrogen and oxygen atoms in total. The van der Waals surface area contributed by atoms with Crippen LogP contribution in [-0.4, -0.2) is 28.4 Å². The van der Waals surface area contributed by atoms with Gasteiger partial charge in [-0.1, -0.05) is 0 Å². The van der Waals surface area contributed by atoms with E-state index in [0.29, 0.717) is 31.8 Å².